The van der Waals surface area contributed by atoms with E-state index < -0.39 is 17.7 Å². The van der Waals surface area contributed by atoms with Gasteiger partial charge in [0.15, 0.2) is 0 Å². The normalized spacial score (nSPS) is 16.8. The van der Waals surface area contributed by atoms with Crippen LogP contribution in [0.15, 0.2) is 78.4 Å². The second-order valence-electron chi connectivity index (χ2n) is 9.67. The Hall–Kier alpha value is -4.10. The SMILES string of the molecule is COc1cccc([C@H]2C(=C(O)c3ccc(OCc4ccccc4C)cc3)C(=O)C(=O)N2CCCN(C)C)c1. The van der Waals surface area contributed by atoms with Crippen LogP contribution < -0.4 is 9.47 Å². The molecule has 0 spiro atoms. The number of ketones is 1. The number of nitrogens with zero attached hydrogens (tertiary/aromatic N) is 2. The summed E-state index contributed by atoms with van der Waals surface area (Å²) in [5.41, 5.74) is 3.45. The van der Waals surface area contributed by atoms with Crippen molar-refractivity contribution < 1.29 is 24.2 Å². The molecule has 3 aromatic rings. The topological polar surface area (TPSA) is 79.3 Å². The minimum Gasteiger partial charge on any atom is -0.507 e. The van der Waals surface area contributed by atoms with Gasteiger partial charge in [-0.25, -0.2) is 0 Å². The predicted octanol–water partition coefficient (Wildman–Crippen LogP) is 4.96. The largest absolute Gasteiger partial charge is 0.507 e. The summed E-state index contributed by atoms with van der Waals surface area (Å²) in [4.78, 5) is 30.0. The molecule has 1 aliphatic rings. The van der Waals surface area contributed by atoms with Crippen molar-refractivity contribution in [3.05, 3.63) is 101 Å². The Morgan fingerprint density at radius 1 is 0.974 bits per heavy atom. The van der Waals surface area contributed by atoms with Crippen molar-refractivity contribution in [2.45, 2.75) is 26.0 Å². The number of aryl methyl sites for hydroxylation is 1. The summed E-state index contributed by atoms with van der Waals surface area (Å²) in [7, 11) is 5.49. The lowest BCUT2D eigenvalue weighted by atomic mass is 9.95. The first-order valence-corrected chi connectivity index (χ1v) is 12.6. The van der Waals surface area contributed by atoms with E-state index in [-0.39, 0.29) is 11.3 Å². The average Bonchev–Trinajstić information content (AvgIpc) is 3.17. The highest BCUT2D eigenvalue weighted by Gasteiger charge is 2.45. The van der Waals surface area contributed by atoms with Gasteiger partial charge in [0, 0.05) is 12.1 Å². The molecule has 0 aliphatic carbocycles. The third-order valence-corrected chi connectivity index (χ3v) is 6.74. The number of hydrogen-bond donors (Lipinski definition) is 1. The van der Waals surface area contributed by atoms with Crippen LogP contribution in [0.5, 0.6) is 11.5 Å². The number of carbonyl (C=O) groups is 2. The number of carbonyl (C=O) groups excluding carboxylic acids is 2. The summed E-state index contributed by atoms with van der Waals surface area (Å²) in [6.45, 7) is 3.60. The van der Waals surface area contributed by atoms with E-state index in [9.17, 15) is 14.7 Å². The molecule has 7 heteroatoms. The summed E-state index contributed by atoms with van der Waals surface area (Å²) >= 11 is 0. The van der Waals surface area contributed by atoms with E-state index in [0.29, 0.717) is 42.2 Å². The number of aliphatic hydroxyl groups excluding tert-OH is 1. The van der Waals surface area contributed by atoms with Gasteiger partial charge >= 0.3 is 0 Å². The molecular formula is C31H34N2O5. The fraction of sp³-hybridized carbons (Fsp3) is 0.290. The number of hydrogen-bond acceptors (Lipinski definition) is 6. The minimum absolute atomic E-state index is 0.0710. The lowest BCUT2D eigenvalue weighted by molar-refractivity contribution is -0.139. The average molecular weight is 515 g/mol. The van der Waals surface area contributed by atoms with Crippen LogP contribution >= 0.6 is 0 Å². The number of Topliss-reactive ketones (excluding diaryl/α,β-unsaturated/α-hetero) is 1. The van der Waals surface area contributed by atoms with E-state index >= 15 is 0 Å². The van der Waals surface area contributed by atoms with Gasteiger partial charge in [0.2, 0.25) is 0 Å². The Balaban J connectivity index is 1.65. The highest BCUT2D eigenvalue weighted by atomic mass is 16.5. The Morgan fingerprint density at radius 3 is 2.39 bits per heavy atom. The molecule has 1 aliphatic heterocycles. The van der Waals surface area contributed by atoms with E-state index in [2.05, 4.69) is 0 Å². The molecule has 3 aromatic carbocycles. The van der Waals surface area contributed by atoms with Crippen LogP contribution in [0.3, 0.4) is 0 Å². The third kappa shape index (κ3) is 5.89. The molecule has 0 aromatic heterocycles. The fourth-order valence-corrected chi connectivity index (χ4v) is 4.62. The lowest BCUT2D eigenvalue weighted by Crippen LogP contribution is -2.32. The number of rotatable bonds is 10. The zero-order valence-corrected chi connectivity index (χ0v) is 22.3. The second kappa shape index (κ2) is 12.0. The Bertz CT molecular complexity index is 1330. The van der Waals surface area contributed by atoms with Gasteiger partial charge in [-0.2, -0.15) is 0 Å². The van der Waals surface area contributed by atoms with Crippen molar-refractivity contribution in [2.75, 3.05) is 34.3 Å². The predicted molar refractivity (Wildman–Crippen MR) is 147 cm³/mol. The standard InChI is InChI=1S/C31H34N2O5/c1-21-9-5-6-10-24(21)20-38-25-15-13-22(14-16-25)29(34)27-28(23-11-7-12-26(19-23)37-4)33(31(36)30(27)35)18-8-17-32(2)3/h5-7,9-16,19,28,34H,8,17-18,20H2,1-4H3/t28-/m0/s1. The molecule has 1 saturated heterocycles. The molecule has 1 fully saturated rings. The number of ether oxygens (including phenoxy) is 2. The van der Waals surface area contributed by atoms with Crippen LogP contribution in [0.25, 0.3) is 5.76 Å². The summed E-state index contributed by atoms with van der Waals surface area (Å²) in [6, 6.07) is 21.5. The molecule has 0 bridgehead atoms. The quantitative estimate of drug-likeness (QED) is 0.234. The summed E-state index contributed by atoms with van der Waals surface area (Å²) in [5, 5.41) is 11.3. The van der Waals surface area contributed by atoms with E-state index in [1.54, 1.807) is 48.4 Å². The van der Waals surface area contributed by atoms with Gasteiger partial charge in [-0.05, 0) is 87.1 Å². The number of benzene rings is 3. The summed E-state index contributed by atoms with van der Waals surface area (Å²) < 4.78 is 11.3. The molecule has 1 N–H and O–H groups in total. The van der Waals surface area contributed by atoms with Crippen LogP contribution in [0.2, 0.25) is 0 Å². The van der Waals surface area contributed by atoms with E-state index in [4.69, 9.17) is 9.47 Å². The molecule has 4 rings (SSSR count). The maximum absolute atomic E-state index is 13.2. The second-order valence-corrected chi connectivity index (χ2v) is 9.67. The van der Waals surface area contributed by atoms with Crippen molar-refractivity contribution in [3.8, 4) is 11.5 Å². The maximum Gasteiger partial charge on any atom is 0.295 e. The van der Waals surface area contributed by atoms with Crippen molar-refractivity contribution in [1.29, 1.82) is 0 Å². The first-order chi connectivity index (χ1) is 18.3. The first kappa shape index (κ1) is 26.9. The molecule has 38 heavy (non-hydrogen) atoms. The van der Waals surface area contributed by atoms with Crippen LogP contribution in [-0.4, -0.2) is 60.9 Å². The third-order valence-electron chi connectivity index (χ3n) is 6.74. The smallest absolute Gasteiger partial charge is 0.295 e. The Kier molecular flexibility index (Phi) is 8.48. The highest BCUT2D eigenvalue weighted by Crippen LogP contribution is 2.40. The van der Waals surface area contributed by atoms with Crippen molar-refractivity contribution in [3.63, 3.8) is 0 Å². The lowest BCUT2D eigenvalue weighted by Gasteiger charge is -2.26. The van der Waals surface area contributed by atoms with Gasteiger partial charge in [-0.1, -0.05) is 36.4 Å². The summed E-state index contributed by atoms with van der Waals surface area (Å²) in [6.07, 6.45) is 0.688. The number of methoxy groups -OCH3 is 1. The van der Waals surface area contributed by atoms with E-state index in [1.165, 1.54) is 0 Å². The number of amides is 1. The Morgan fingerprint density at radius 2 is 1.71 bits per heavy atom. The molecule has 7 nitrogen and oxygen atoms in total. The van der Waals surface area contributed by atoms with Gasteiger partial charge in [0.25, 0.3) is 11.7 Å². The monoisotopic (exact) mass is 514 g/mol. The minimum atomic E-state index is -0.718. The van der Waals surface area contributed by atoms with Gasteiger partial charge in [0.1, 0.15) is 23.9 Å². The van der Waals surface area contributed by atoms with Crippen LogP contribution in [0, 0.1) is 6.92 Å². The Labute approximate surface area is 223 Å². The van der Waals surface area contributed by atoms with Gasteiger partial charge in [-0.3, -0.25) is 9.59 Å². The van der Waals surface area contributed by atoms with Gasteiger partial charge in [-0.15, -0.1) is 0 Å². The maximum atomic E-state index is 13.2. The molecule has 0 radical (unpaired) electrons. The van der Waals surface area contributed by atoms with Crippen molar-refractivity contribution >= 4 is 17.4 Å². The summed E-state index contributed by atoms with van der Waals surface area (Å²) in [5.74, 6) is -0.275. The van der Waals surface area contributed by atoms with Crippen molar-refractivity contribution in [2.24, 2.45) is 0 Å². The molecule has 1 atom stereocenters. The van der Waals surface area contributed by atoms with E-state index in [0.717, 1.165) is 17.7 Å². The highest BCUT2D eigenvalue weighted by molar-refractivity contribution is 6.46. The van der Waals surface area contributed by atoms with Crippen LogP contribution in [0.4, 0.5) is 0 Å². The van der Waals surface area contributed by atoms with Crippen molar-refractivity contribution in [1.82, 2.24) is 9.80 Å². The molecule has 1 amide bonds. The number of likely N-dealkylation sites (tertiary alicyclic amines) is 1. The van der Waals surface area contributed by atoms with Crippen LogP contribution in [-0.2, 0) is 16.2 Å². The fourth-order valence-electron chi connectivity index (χ4n) is 4.62. The van der Waals surface area contributed by atoms with Gasteiger partial charge < -0.3 is 24.4 Å². The molecular weight excluding hydrogens is 480 g/mol. The zero-order valence-electron chi connectivity index (χ0n) is 22.3. The van der Waals surface area contributed by atoms with Crippen LogP contribution in [0.1, 0.15) is 34.7 Å². The van der Waals surface area contributed by atoms with E-state index in [1.807, 2.05) is 62.3 Å². The first-order valence-electron chi connectivity index (χ1n) is 12.6. The molecule has 0 saturated carbocycles. The van der Waals surface area contributed by atoms with Gasteiger partial charge in [0.05, 0.1) is 18.7 Å². The molecule has 198 valence electrons. The number of aliphatic hydroxyl groups is 1. The zero-order chi connectivity index (χ0) is 27.2. The molecule has 1 heterocycles. The molecule has 0 unspecified atom stereocenters.